The molecule has 1 aromatic carbocycles. The van der Waals surface area contributed by atoms with Crippen LogP contribution in [0.2, 0.25) is 0 Å². The van der Waals surface area contributed by atoms with Gasteiger partial charge in [-0.2, -0.15) is 0 Å². The molecule has 1 heterocycles. The van der Waals surface area contributed by atoms with E-state index in [2.05, 4.69) is 0 Å². The first-order valence-corrected chi connectivity index (χ1v) is 6.93. The van der Waals surface area contributed by atoms with Gasteiger partial charge in [0.25, 0.3) is 11.1 Å². The second kappa shape index (κ2) is 6.45. The molecule has 0 bridgehead atoms. The number of para-hydroxylation sites is 1. The Hall–Kier alpha value is -2.28. The maximum Gasteiger partial charge on any atom is 0.293 e. The molecule has 0 aromatic heterocycles. The summed E-state index contributed by atoms with van der Waals surface area (Å²) in [5, 5.41) is 9.94. The van der Waals surface area contributed by atoms with Gasteiger partial charge in [0.15, 0.2) is 0 Å². The molecule has 1 fully saturated rings. The van der Waals surface area contributed by atoms with E-state index in [1.165, 1.54) is 7.11 Å². The highest BCUT2D eigenvalue weighted by molar-refractivity contribution is 8.18. The molecule has 6 nitrogen and oxygen atoms in total. The van der Waals surface area contributed by atoms with Gasteiger partial charge in [0.2, 0.25) is 0 Å². The molecule has 1 saturated heterocycles. The van der Waals surface area contributed by atoms with Crippen LogP contribution in [0.1, 0.15) is 12.0 Å². The van der Waals surface area contributed by atoms with Crippen molar-refractivity contribution >= 4 is 35.0 Å². The minimum absolute atomic E-state index is 0.184. The third kappa shape index (κ3) is 3.43. The quantitative estimate of drug-likeness (QED) is 0.750. The summed E-state index contributed by atoms with van der Waals surface area (Å²) in [6.45, 7) is -0.184. The summed E-state index contributed by atoms with van der Waals surface area (Å²) in [6.07, 6.45) is 1.18. The molecule has 0 N–H and O–H groups in total. The molecule has 7 heteroatoms. The lowest BCUT2D eigenvalue weighted by Gasteiger charge is -2.12. The van der Waals surface area contributed by atoms with Gasteiger partial charge in [0.05, 0.1) is 12.0 Å². The molecule has 1 aromatic rings. The highest BCUT2D eigenvalue weighted by Gasteiger charge is 2.34. The van der Waals surface area contributed by atoms with Gasteiger partial charge in [0.1, 0.15) is 5.75 Å². The summed E-state index contributed by atoms with van der Waals surface area (Å²) < 4.78 is 5.17. The maximum absolute atomic E-state index is 12.1. The van der Waals surface area contributed by atoms with Crippen LogP contribution < -0.4 is 9.84 Å². The van der Waals surface area contributed by atoms with Gasteiger partial charge in [-0.1, -0.05) is 18.2 Å². The van der Waals surface area contributed by atoms with E-state index in [4.69, 9.17) is 4.74 Å². The van der Waals surface area contributed by atoms with E-state index < -0.39 is 17.1 Å². The normalized spacial score (nSPS) is 16.6. The number of amides is 2. The van der Waals surface area contributed by atoms with Crippen molar-refractivity contribution in [2.24, 2.45) is 0 Å². The molecular weight excluding hydrogens is 294 g/mol. The number of benzene rings is 1. The minimum Gasteiger partial charge on any atom is -0.550 e. The number of hydrogen-bond acceptors (Lipinski definition) is 6. The number of carbonyl (C=O) groups excluding carboxylic acids is 3. The summed E-state index contributed by atoms with van der Waals surface area (Å²) in [4.78, 5) is 35.4. The van der Waals surface area contributed by atoms with Crippen molar-refractivity contribution < 1.29 is 24.2 Å². The average Bonchev–Trinajstić information content (AvgIpc) is 2.72. The standard InChI is InChI=1S/C14H13NO5S/c1-20-10-5-3-2-4-9(10)8-11-13(18)15(14(19)21-11)7-6-12(16)17/h2-5,8H,6-7H2,1H3,(H,16,17)/p-1. The van der Waals surface area contributed by atoms with E-state index in [9.17, 15) is 19.5 Å². The van der Waals surface area contributed by atoms with E-state index in [1.807, 2.05) is 0 Å². The van der Waals surface area contributed by atoms with Crippen LogP contribution in [0.5, 0.6) is 5.75 Å². The number of rotatable bonds is 5. The first-order valence-electron chi connectivity index (χ1n) is 6.11. The summed E-state index contributed by atoms with van der Waals surface area (Å²) in [6, 6.07) is 7.08. The van der Waals surface area contributed by atoms with Crippen molar-refractivity contribution in [3.63, 3.8) is 0 Å². The highest BCUT2D eigenvalue weighted by Crippen LogP contribution is 2.33. The molecule has 2 rings (SSSR count). The number of hydrogen-bond donors (Lipinski definition) is 0. The topological polar surface area (TPSA) is 86.7 Å². The van der Waals surface area contributed by atoms with Crippen LogP contribution >= 0.6 is 11.8 Å². The van der Waals surface area contributed by atoms with Crippen LogP contribution in [0.4, 0.5) is 4.79 Å². The maximum atomic E-state index is 12.1. The Kier molecular flexibility index (Phi) is 4.64. The Labute approximate surface area is 125 Å². The van der Waals surface area contributed by atoms with E-state index in [0.717, 1.165) is 16.7 Å². The molecule has 110 valence electrons. The van der Waals surface area contributed by atoms with E-state index in [-0.39, 0.29) is 17.9 Å². The Morgan fingerprint density at radius 1 is 1.38 bits per heavy atom. The summed E-state index contributed by atoms with van der Waals surface area (Å²) in [5.74, 6) is -1.22. The fourth-order valence-corrected chi connectivity index (χ4v) is 2.68. The largest absolute Gasteiger partial charge is 0.550 e. The molecule has 0 atom stereocenters. The van der Waals surface area contributed by atoms with Gasteiger partial charge in [0, 0.05) is 24.5 Å². The summed E-state index contributed by atoms with van der Waals surface area (Å²) in [5.41, 5.74) is 0.672. The van der Waals surface area contributed by atoms with Crippen LogP contribution in [0, 0.1) is 0 Å². The second-order valence-electron chi connectivity index (χ2n) is 4.20. The third-order valence-electron chi connectivity index (χ3n) is 2.84. The molecule has 0 spiro atoms. The molecule has 21 heavy (non-hydrogen) atoms. The van der Waals surface area contributed by atoms with Gasteiger partial charge in [-0.25, -0.2) is 0 Å². The molecule has 0 radical (unpaired) electrons. The van der Waals surface area contributed by atoms with Crippen molar-refractivity contribution in [2.75, 3.05) is 13.7 Å². The molecule has 1 aliphatic heterocycles. The molecular formula is C14H12NO5S-. The van der Waals surface area contributed by atoms with Gasteiger partial charge in [-0.05, 0) is 23.9 Å². The number of thioether (sulfide) groups is 1. The zero-order valence-corrected chi connectivity index (χ0v) is 12.0. The number of carboxylic acids is 1. The van der Waals surface area contributed by atoms with Gasteiger partial charge >= 0.3 is 0 Å². The number of carbonyl (C=O) groups is 3. The smallest absolute Gasteiger partial charge is 0.293 e. The lowest BCUT2D eigenvalue weighted by Crippen LogP contribution is -2.33. The third-order valence-corrected chi connectivity index (χ3v) is 3.75. The van der Waals surface area contributed by atoms with Crippen LogP contribution in [-0.2, 0) is 9.59 Å². The molecule has 0 saturated carbocycles. The van der Waals surface area contributed by atoms with Crippen LogP contribution in [0.3, 0.4) is 0 Å². The van der Waals surface area contributed by atoms with Gasteiger partial charge in [-0.3, -0.25) is 14.5 Å². The first-order chi connectivity index (χ1) is 10.0. The Balaban J connectivity index is 2.22. The van der Waals surface area contributed by atoms with Gasteiger partial charge in [-0.15, -0.1) is 0 Å². The van der Waals surface area contributed by atoms with E-state index >= 15 is 0 Å². The first kappa shape index (κ1) is 15.1. The van der Waals surface area contributed by atoms with Crippen molar-refractivity contribution in [2.45, 2.75) is 6.42 Å². The van der Waals surface area contributed by atoms with Crippen LogP contribution in [-0.4, -0.2) is 35.7 Å². The molecule has 1 aliphatic rings. The lowest BCUT2D eigenvalue weighted by atomic mass is 10.2. The predicted molar refractivity (Wildman–Crippen MR) is 75.3 cm³/mol. The second-order valence-corrected chi connectivity index (χ2v) is 5.19. The number of nitrogens with zero attached hydrogens (tertiary/aromatic N) is 1. The SMILES string of the molecule is COc1ccccc1C=C1SC(=O)N(CCC(=O)[O-])C1=O. The van der Waals surface area contributed by atoms with Crippen molar-refractivity contribution in [1.82, 2.24) is 4.90 Å². The fraction of sp³-hybridized carbons (Fsp3) is 0.214. The zero-order valence-electron chi connectivity index (χ0n) is 11.2. The number of ether oxygens (including phenoxy) is 1. The Morgan fingerprint density at radius 3 is 2.76 bits per heavy atom. The predicted octanol–water partition coefficient (Wildman–Crippen LogP) is 0.871. The Morgan fingerprint density at radius 2 is 2.10 bits per heavy atom. The van der Waals surface area contributed by atoms with Crippen molar-refractivity contribution in [3.8, 4) is 5.75 Å². The fourth-order valence-electron chi connectivity index (χ4n) is 1.82. The lowest BCUT2D eigenvalue weighted by molar-refractivity contribution is -0.305. The molecule has 0 unspecified atom stereocenters. The molecule has 2 amide bonds. The van der Waals surface area contributed by atoms with Crippen molar-refractivity contribution in [3.05, 3.63) is 34.7 Å². The van der Waals surface area contributed by atoms with Crippen molar-refractivity contribution in [1.29, 1.82) is 0 Å². The average molecular weight is 306 g/mol. The summed E-state index contributed by atoms with van der Waals surface area (Å²) in [7, 11) is 1.51. The van der Waals surface area contributed by atoms with Crippen LogP contribution in [0.15, 0.2) is 29.2 Å². The number of aliphatic carboxylic acids is 1. The number of imide groups is 1. The highest BCUT2D eigenvalue weighted by atomic mass is 32.2. The van der Waals surface area contributed by atoms with E-state index in [0.29, 0.717) is 11.3 Å². The number of methoxy groups -OCH3 is 1. The summed E-state index contributed by atoms with van der Waals surface area (Å²) >= 11 is 0.777. The minimum atomic E-state index is -1.30. The van der Waals surface area contributed by atoms with E-state index in [1.54, 1.807) is 30.3 Å². The van der Waals surface area contributed by atoms with Gasteiger partial charge < -0.3 is 14.6 Å². The zero-order chi connectivity index (χ0) is 15.4. The Bertz CT molecular complexity index is 626. The molecule has 0 aliphatic carbocycles. The number of carboxylic acid groups (broad SMARTS) is 1. The van der Waals surface area contributed by atoms with Crippen LogP contribution in [0.25, 0.3) is 6.08 Å². The monoisotopic (exact) mass is 306 g/mol.